The Labute approximate surface area is 99.6 Å². The van der Waals surface area contributed by atoms with E-state index < -0.39 is 11.7 Å². The molecule has 1 aromatic rings. The summed E-state index contributed by atoms with van der Waals surface area (Å²) in [6.45, 7) is 2.39. The van der Waals surface area contributed by atoms with E-state index in [9.17, 15) is 14.3 Å². The van der Waals surface area contributed by atoms with Crippen LogP contribution in [0.5, 0.6) is 5.75 Å². The lowest BCUT2D eigenvalue weighted by Gasteiger charge is -2.16. The van der Waals surface area contributed by atoms with Crippen LogP contribution in [0.3, 0.4) is 0 Å². The smallest absolute Gasteiger partial charge is 0.255 e. The Morgan fingerprint density at radius 1 is 1.59 bits per heavy atom. The van der Waals surface area contributed by atoms with E-state index >= 15 is 0 Å². The lowest BCUT2D eigenvalue weighted by molar-refractivity contribution is 0.0931. The van der Waals surface area contributed by atoms with Crippen LogP contribution < -0.4 is 11.1 Å². The van der Waals surface area contributed by atoms with Crippen LogP contribution in [0.1, 0.15) is 30.1 Å². The third kappa shape index (κ3) is 3.71. The summed E-state index contributed by atoms with van der Waals surface area (Å²) in [5.74, 6) is -1.27. The van der Waals surface area contributed by atoms with Crippen molar-refractivity contribution in [1.82, 2.24) is 5.32 Å². The Bertz CT molecular complexity index is 396. The summed E-state index contributed by atoms with van der Waals surface area (Å²) in [7, 11) is 0. The quantitative estimate of drug-likeness (QED) is 0.728. The van der Waals surface area contributed by atoms with Crippen molar-refractivity contribution in [1.29, 1.82) is 0 Å². The predicted octanol–water partition coefficient (Wildman–Crippen LogP) is 1.39. The number of amides is 1. The first-order valence-corrected chi connectivity index (χ1v) is 5.58. The van der Waals surface area contributed by atoms with Crippen LogP contribution in [-0.2, 0) is 0 Å². The maximum Gasteiger partial charge on any atom is 0.255 e. The van der Waals surface area contributed by atoms with E-state index in [4.69, 9.17) is 5.73 Å². The van der Waals surface area contributed by atoms with Gasteiger partial charge >= 0.3 is 0 Å². The first-order chi connectivity index (χ1) is 8.08. The molecule has 0 aliphatic heterocycles. The molecular weight excluding hydrogens is 223 g/mol. The maximum atomic E-state index is 13.0. The average molecular weight is 240 g/mol. The molecule has 0 fully saturated rings. The highest BCUT2D eigenvalue weighted by atomic mass is 19.1. The molecule has 5 heteroatoms. The minimum absolute atomic E-state index is 0.0551. The Kier molecular flexibility index (Phi) is 4.90. The van der Waals surface area contributed by atoms with Crippen molar-refractivity contribution >= 4 is 5.91 Å². The molecule has 0 aromatic heterocycles. The summed E-state index contributed by atoms with van der Waals surface area (Å²) in [5.41, 5.74) is 5.36. The van der Waals surface area contributed by atoms with Crippen LogP contribution in [-0.4, -0.2) is 23.6 Å². The summed E-state index contributed by atoms with van der Waals surface area (Å²) in [4.78, 5) is 11.8. The summed E-state index contributed by atoms with van der Waals surface area (Å²) in [6.07, 6.45) is 1.39. The number of carbonyl (C=O) groups excluding carboxylic acids is 1. The topological polar surface area (TPSA) is 75.3 Å². The van der Waals surface area contributed by atoms with E-state index in [0.29, 0.717) is 13.0 Å². The molecule has 0 saturated carbocycles. The number of rotatable bonds is 5. The number of benzene rings is 1. The lowest BCUT2D eigenvalue weighted by atomic mass is 10.1. The number of phenolic OH excluding ortho intramolecular Hbond substituents is 1. The number of aromatic hydroxyl groups is 1. The van der Waals surface area contributed by atoms with Crippen molar-refractivity contribution in [2.45, 2.75) is 25.8 Å². The maximum absolute atomic E-state index is 13.0. The van der Waals surface area contributed by atoms with Gasteiger partial charge in [0.1, 0.15) is 11.6 Å². The van der Waals surface area contributed by atoms with Gasteiger partial charge in [-0.1, -0.05) is 6.92 Å². The van der Waals surface area contributed by atoms with Crippen molar-refractivity contribution in [3.8, 4) is 5.75 Å². The zero-order valence-electron chi connectivity index (χ0n) is 9.74. The Morgan fingerprint density at radius 3 is 2.88 bits per heavy atom. The standard InChI is InChI=1S/C12H17FN2O2/c1-2-9(5-6-14)15-12(17)10-7-8(13)3-4-11(10)16/h3-4,7,9,16H,2,5-6,14H2,1H3,(H,15,17). The summed E-state index contributed by atoms with van der Waals surface area (Å²) < 4.78 is 13.0. The Balaban J connectivity index is 2.78. The van der Waals surface area contributed by atoms with E-state index in [1.165, 1.54) is 0 Å². The molecule has 0 saturated heterocycles. The van der Waals surface area contributed by atoms with Crippen molar-refractivity contribution in [2.24, 2.45) is 5.73 Å². The monoisotopic (exact) mass is 240 g/mol. The SMILES string of the molecule is CCC(CCN)NC(=O)c1cc(F)ccc1O. The van der Waals surface area contributed by atoms with Crippen LogP contribution in [0, 0.1) is 5.82 Å². The van der Waals surface area contributed by atoms with E-state index in [1.807, 2.05) is 6.92 Å². The van der Waals surface area contributed by atoms with Gasteiger partial charge in [0.2, 0.25) is 0 Å². The molecule has 1 amide bonds. The third-order valence-corrected chi connectivity index (χ3v) is 2.55. The van der Waals surface area contributed by atoms with E-state index in [1.54, 1.807) is 0 Å². The fourth-order valence-electron chi connectivity index (χ4n) is 1.53. The molecule has 1 aromatic carbocycles. The molecule has 0 heterocycles. The third-order valence-electron chi connectivity index (χ3n) is 2.55. The van der Waals surface area contributed by atoms with Gasteiger partial charge in [-0.3, -0.25) is 4.79 Å². The van der Waals surface area contributed by atoms with Crippen LogP contribution >= 0.6 is 0 Å². The molecule has 0 bridgehead atoms. The minimum Gasteiger partial charge on any atom is -0.507 e. The van der Waals surface area contributed by atoms with Crippen molar-refractivity contribution in [3.63, 3.8) is 0 Å². The van der Waals surface area contributed by atoms with E-state index in [2.05, 4.69) is 5.32 Å². The second-order valence-electron chi connectivity index (χ2n) is 3.82. The predicted molar refractivity (Wildman–Crippen MR) is 63.3 cm³/mol. The number of halogens is 1. The molecule has 0 spiro atoms. The number of hydrogen-bond donors (Lipinski definition) is 3. The Morgan fingerprint density at radius 2 is 2.29 bits per heavy atom. The molecule has 1 atom stereocenters. The number of nitrogens with one attached hydrogen (secondary N) is 1. The van der Waals surface area contributed by atoms with Crippen LogP contribution in [0.4, 0.5) is 4.39 Å². The zero-order chi connectivity index (χ0) is 12.8. The minimum atomic E-state index is -0.556. The zero-order valence-corrected chi connectivity index (χ0v) is 9.74. The number of nitrogens with two attached hydrogens (primary N) is 1. The fraction of sp³-hybridized carbons (Fsp3) is 0.417. The van der Waals surface area contributed by atoms with Crippen LogP contribution in [0.15, 0.2) is 18.2 Å². The summed E-state index contributed by atoms with van der Waals surface area (Å²) in [6, 6.07) is 3.22. The molecule has 0 aliphatic rings. The van der Waals surface area contributed by atoms with Gasteiger partial charge in [-0.25, -0.2) is 4.39 Å². The highest BCUT2D eigenvalue weighted by Crippen LogP contribution is 2.18. The van der Waals surface area contributed by atoms with E-state index in [0.717, 1.165) is 24.6 Å². The molecule has 4 nitrogen and oxygen atoms in total. The molecule has 1 unspecified atom stereocenters. The van der Waals surface area contributed by atoms with Crippen molar-refractivity contribution < 1.29 is 14.3 Å². The largest absolute Gasteiger partial charge is 0.507 e. The van der Waals surface area contributed by atoms with Gasteiger partial charge in [-0.15, -0.1) is 0 Å². The number of phenols is 1. The first kappa shape index (κ1) is 13.4. The molecule has 4 N–H and O–H groups in total. The number of hydrogen-bond acceptors (Lipinski definition) is 3. The molecule has 0 aliphatic carbocycles. The highest BCUT2D eigenvalue weighted by Gasteiger charge is 2.15. The van der Waals surface area contributed by atoms with Crippen LogP contribution in [0.25, 0.3) is 0 Å². The molecule has 0 radical (unpaired) electrons. The Hall–Kier alpha value is -1.62. The van der Waals surface area contributed by atoms with Crippen LogP contribution in [0.2, 0.25) is 0 Å². The molecule has 94 valence electrons. The highest BCUT2D eigenvalue weighted by molar-refractivity contribution is 5.96. The molecular formula is C12H17FN2O2. The second kappa shape index (κ2) is 6.20. The molecule has 1 rings (SSSR count). The van der Waals surface area contributed by atoms with Gasteiger partial charge in [0, 0.05) is 6.04 Å². The number of carbonyl (C=O) groups is 1. The average Bonchev–Trinajstić information content (AvgIpc) is 2.31. The van der Waals surface area contributed by atoms with Gasteiger partial charge in [0.15, 0.2) is 0 Å². The van der Waals surface area contributed by atoms with Gasteiger partial charge in [0.05, 0.1) is 5.56 Å². The second-order valence-corrected chi connectivity index (χ2v) is 3.82. The van der Waals surface area contributed by atoms with Gasteiger partial charge < -0.3 is 16.2 Å². The summed E-state index contributed by atoms with van der Waals surface area (Å²) in [5, 5.41) is 12.2. The van der Waals surface area contributed by atoms with Gasteiger partial charge in [-0.2, -0.15) is 0 Å². The van der Waals surface area contributed by atoms with E-state index in [-0.39, 0.29) is 17.4 Å². The van der Waals surface area contributed by atoms with Gasteiger partial charge in [-0.05, 0) is 37.6 Å². The van der Waals surface area contributed by atoms with Crippen molar-refractivity contribution in [3.05, 3.63) is 29.6 Å². The first-order valence-electron chi connectivity index (χ1n) is 5.58. The lowest BCUT2D eigenvalue weighted by Crippen LogP contribution is -2.35. The van der Waals surface area contributed by atoms with Crippen molar-refractivity contribution in [2.75, 3.05) is 6.54 Å². The molecule has 17 heavy (non-hydrogen) atoms. The normalized spacial score (nSPS) is 12.2. The summed E-state index contributed by atoms with van der Waals surface area (Å²) >= 11 is 0. The van der Waals surface area contributed by atoms with Gasteiger partial charge in [0.25, 0.3) is 5.91 Å². The fourth-order valence-corrected chi connectivity index (χ4v) is 1.53.